The Morgan fingerprint density at radius 1 is 1.25 bits per heavy atom. The van der Waals surface area contributed by atoms with Gasteiger partial charge in [0.1, 0.15) is 11.5 Å². The summed E-state index contributed by atoms with van der Waals surface area (Å²) in [6, 6.07) is 5.54. The number of aryl methyl sites for hydroxylation is 1. The van der Waals surface area contributed by atoms with E-state index in [0.717, 1.165) is 11.1 Å². The Morgan fingerprint density at radius 3 is 2.50 bits per heavy atom. The Bertz CT molecular complexity index is 408. The molecule has 0 atom stereocenters. The lowest BCUT2D eigenvalue weighted by Gasteiger charge is -2.10. The van der Waals surface area contributed by atoms with E-state index in [4.69, 9.17) is 4.74 Å². The number of carbonyl (C=O) groups is 2. The van der Waals surface area contributed by atoms with Crippen molar-refractivity contribution in [3.8, 4) is 5.75 Å². The van der Waals surface area contributed by atoms with Gasteiger partial charge in [0.15, 0.2) is 0 Å². The molecule has 0 heterocycles. The molecule has 3 heteroatoms. The van der Waals surface area contributed by atoms with Crippen LogP contribution in [0.5, 0.6) is 5.75 Å². The zero-order chi connectivity index (χ0) is 12.1. The molecule has 0 spiro atoms. The van der Waals surface area contributed by atoms with Gasteiger partial charge in [0.05, 0.1) is 0 Å². The second kappa shape index (κ2) is 5.45. The summed E-state index contributed by atoms with van der Waals surface area (Å²) in [5.74, 6) is 0.362. The first-order valence-corrected chi connectivity index (χ1v) is 5.27. The van der Waals surface area contributed by atoms with Gasteiger partial charge >= 0.3 is 5.97 Å². The summed E-state index contributed by atoms with van der Waals surface area (Å²) in [6.07, 6.45) is 1.09. The largest absolute Gasteiger partial charge is 0.426 e. The van der Waals surface area contributed by atoms with Gasteiger partial charge in [-0.2, -0.15) is 0 Å². The minimum Gasteiger partial charge on any atom is -0.426 e. The molecule has 0 unspecified atom stereocenters. The van der Waals surface area contributed by atoms with E-state index in [2.05, 4.69) is 0 Å². The smallest absolute Gasteiger partial charge is 0.308 e. The third-order valence-electron chi connectivity index (χ3n) is 2.35. The van der Waals surface area contributed by atoms with E-state index in [1.807, 2.05) is 19.1 Å². The molecule has 0 fully saturated rings. The number of Topliss-reactive ketones (excluding diaryl/α,β-unsaturated/α-hetero) is 1. The number of benzene rings is 1. The highest BCUT2D eigenvalue weighted by Gasteiger charge is 2.09. The van der Waals surface area contributed by atoms with Crippen molar-refractivity contribution >= 4 is 11.8 Å². The second-order valence-corrected chi connectivity index (χ2v) is 3.85. The number of hydrogen-bond donors (Lipinski definition) is 0. The number of rotatable bonds is 4. The van der Waals surface area contributed by atoms with E-state index in [1.165, 1.54) is 6.92 Å². The van der Waals surface area contributed by atoms with Crippen LogP contribution in [0.4, 0.5) is 0 Å². The van der Waals surface area contributed by atoms with Gasteiger partial charge in [0, 0.05) is 13.3 Å². The minimum atomic E-state index is -0.338. The third-order valence-corrected chi connectivity index (χ3v) is 2.35. The van der Waals surface area contributed by atoms with Gasteiger partial charge in [0.25, 0.3) is 0 Å². The van der Waals surface area contributed by atoms with Gasteiger partial charge in [-0.05, 0) is 37.5 Å². The van der Waals surface area contributed by atoms with Crippen LogP contribution in [0.3, 0.4) is 0 Å². The Labute approximate surface area is 95.4 Å². The lowest BCUT2D eigenvalue weighted by molar-refractivity contribution is -0.131. The molecule has 0 amide bonds. The number of carbonyl (C=O) groups excluding carboxylic acids is 2. The van der Waals surface area contributed by atoms with Crippen molar-refractivity contribution in [1.82, 2.24) is 0 Å². The predicted octanol–water partition coefficient (Wildman–Crippen LogP) is 2.44. The highest BCUT2D eigenvalue weighted by atomic mass is 16.5. The number of hydrogen-bond acceptors (Lipinski definition) is 3. The monoisotopic (exact) mass is 220 g/mol. The van der Waals surface area contributed by atoms with Crippen LogP contribution in [0.1, 0.15) is 31.4 Å². The van der Waals surface area contributed by atoms with Crippen LogP contribution >= 0.6 is 0 Å². The average Bonchev–Trinajstić information content (AvgIpc) is 2.15. The van der Waals surface area contributed by atoms with Crippen LogP contribution in [-0.4, -0.2) is 11.8 Å². The Kier molecular flexibility index (Phi) is 4.23. The van der Waals surface area contributed by atoms with Crippen LogP contribution < -0.4 is 4.74 Å². The van der Waals surface area contributed by atoms with E-state index < -0.39 is 0 Å². The molecule has 1 aromatic rings. The molecule has 1 rings (SSSR count). The average molecular weight is 220 g/mol. The van der Waals surface area contributed by atoms with Crippen molar-refractivity contribution in [2.45, 2.75) is 33.6 Å². The number of esters is 1. The topological polar surface area (TPSA) is 43.4 Å². The van der Waals surface area contributed by atoms with Gasteiger partial charge < -0.3 is 9.53 Å². The van der Waals surface area contributed by atoms with Crippen LogP contribution in [0.25, 0.3) is 0 Å². The van der Waals surface area contributed by atoms with Crippen LogP contribution in [0.2, 0.25) is 0 Å². The van der Waals surface area contributed by atoms with Gasteiger partial charge in [0.2, 0.25) is 0 Å². The summed E-state index contributed by atoms with van der Waals surface area (Å²) >= 11 is 0. The molecule has 0 aliphatic rings. The molecule has 0 aromatic heterocycles. The summed E-state index contributed by atoms with van der Waals surface area (Å²) < 4.78 is 5.11. The Balaban J connectivity index is 2.93. The molecule has 0 N–H and O–H groups in total. The summed E-state index contributed by atoms with van der Waals surface area (Å²) in [7, 11) is 0. The van der Waals surface area contributed by atoms with Crippen molar-refractivity contribution in [2.24, 2.45) is 0 Å². The fourth-order valence-corrected chi connectivity index (χ4v) is 1.55. The van der Waals surface area contributed by atoms with Gasteiger partial charge in [-0.3, -0.25) is 4.79 Å². The molecule has 0 saturated heterocycles. The summed E-state index contributed by atoms with van der Waals surface area (Å²) in [6.45, 7) is 4.88. The van der Waals surface area contributed by atoms with Crippen LogP contribution in [0.15, 0.2) is 18.2 Å². The fraction of sp³-hybridized carbons (Fsp3) is 0.385. The van der Waals surface area contributed by atoms with Gasteiger partial charge in [-0.15, -0.1) is 0 Å². The molecule has 86 valence electrons. The SMILES string of the molecule is CC(=O)CCc1c(C)cccc1OC(C)=O. The molecule has 1 aromatic carbocycles. The lowest BCUT2D eigenvalue weighted by atomic mass is 10.0. The molecule has 0 saturated carbocycles. The van der Waals surface area contributed by atoms with Crippen molar-refractivity contribution in [3.63, 3.8) is 0 Å². The normalized spacial score (nSPS) is 9.94. The van der Waals surface area contributed by atoms with Gasteiger partial charge in [-0.25, -0.2) is 0 Å². The molecule has 0 bridgehead atoms. The predicted molar refractivity (Wildman–Crippen MR) is 61.5 cm³/mol. The van der Waals surface area contributed by atoms with Crippen LogP contribution in [0, 0.1) is 6.92 Å². The van der Waals surface area contributed by atoms with Crippen molar-refractivity contribution < 1.29 is 14.3 Å². The van der Waals surface area contributed by atoms with Crippen LogP contribution in [-0.2, 0) is 16.0 Å². The van der Waals surface area contributed by atoms with E-state index >= 15 is 0 Å². The Morgan fingerprint density at radius 2 is 1.94 bits per heavy atom. The Hall–Kier alpha value is -1.64. The van der Waals surface area contributed by atoms with E-state index in [-0.39, 0.29) is 11.8 Å². The van der Waals surface area contributed by atoms with Crippen molar-refractivity contribution in [2.75, 3.05) is 0 Å². The summed E-state index contributed by atoms with van der Waals surface area (Å²) in [5, 5.41) is 0. The second-order valence-electron chi connectivity index (χ2n) is 3.85. The molecule has 16 heavy (non-hydrogen) atoms. The minimum absolute atomic E-state index is 0.136. The molecule has 0 aliphatic heterocycles. The van der Waals surface area contributed by atoms with E-state index in [0.29, 0.717) is 18.6 Å². The first-order chi connectivity index (χ1) is 7.50. The highest BCUT2D eigenvalue weighted by molar-refractivity contribution is 5.76. The maximum Gasteiger partial charge on any atom is 0.308 e. The quantitative estimate of drug-likeness (QED) is 0.578. The third kappa shape index (κ3) is 3.50. The first-order valence-electron chi connectivity index (χ1n) is 5.27. The maximum atomic E-state index is 11.0. The molecular formula is C13H16O3. The molecular weight excluding hydrogens is 204 g/mol. The molecule has 0 aliphatic carbocycles. The zero-order valence-corrected chi connectivity index (χ0v) is 9.87. The number of ketones is 1. The number of ether oxygens (including phenoxy) is 1. The lowest BCUT2D eigenvalue weighted by Crippen LogP contribution is -2.06. The van der Waals surface area contributed by atoms with Crippen molar-refractivity contribution in [1.29, 1.82) is 0 Å². The fourth-order valence-electron chi connectivity index (χ4n) is 1.55. The highest BCUT2D eigenvalue weighted by Crippen LogP contribution is 2.23. The van der Waals surface area contributed by atoms with E-state index in [1.54, 1.807) is 13.0 Å². The zero-order valence-electron chi connectivity index (χ0n) is 9.87. The van der Waals surface area contributed by atoms with Crippen molar-refractivity contribution in [3.05, 3.63) is 29.3 Å². The first kappa shape index (κ1) is 12.4. The molecule has 0 radical (unpaired) electrons. The van der Waals surface area contributed by atoms with E-state index in [9.17, 15) is 9.59 Å². The maximum absolute atomic E-state index is 11.0. The molecule has 3 nitrogen and oxygen atoms in total. The van der Waals surface area contributed by atoms with Gasteiger partial charge in [-0.1, -0.05) is 12.1 Å². The summed E-state index contributed by atoms with van der Waals surface area (Å²) in [5.41, 5.74) is 1.98. The standard InChI is InChI=1S/C13H16O3/c1-9-5-4-6-13(16-11(3)15)12(9)8-7-10(2)14/h4-6H,7-8H2,1-3H3. The summed E-state index contributed by atoms with van der Waals surface area (Å²) in [4.78, 5) is 21.9.